The minimum absolute atomic E-state index is 0.0787. The Morgan fingerprint density at radius 3 is 2.72 bits per heavy atom. The highest BCUT2D eigenvalue weighted by Gasteiger charge is 2.33. The van der Waals surface area contributed by atoms with Crippen molar-refractivity contribution in [2.75, 3.05) is 19.6 Å². The molecular formula is C19H28N4O2. The molecule has 25 heavy (non-hydrogen) atoms. The smallest absolute Gasteiger partial charge is 0.318 e. The molecule has 6 nitrogen and oxygen atoms in total. The van der Waals surface area contributed by atoms with Crippen molar-refractivity contribution in [2.45, 2.75) is 58.0 Å². The van der Waals surface area contributed by atoms with Gasteiger partial charge in [0, 0.05) is 24.8 Å². The average Bonchev–Trinajstić information content (AvgIpc) is 3.13. The van der Waals surface area contributed by atoms with Crippen molar-refractivity contribution in [3.8, 4) is 0 Å². The van der Waals surface area contributed by atoms with E-state index in [0.29, 0.717) is 19.1 Å². The quantitative estimate of drug-likeness (QED) is 0.913. The first-order chi connectivity index (χ1) is 12.1. The molecule has 2 heterocycles. The number of hydrogen-bond acceptors (Lipinski definition) is 3. The second kappa shape index (κ2) is 7.85. The van der Waals surface area contributed by atoms with E-state index >= 15 is 0 Å². The van der Waals surface area contributed by atoms with Crippen LogP contribution in [0.15, 0.2) is 18.2 Å². The highest BCUT2D eigenvalue weighted by molar-refractivity contribution is 5.85. The third-order valence-corrected chi connectivity index (χ3v) is 5.28. The third kappa shape index (κ3) is 4.11. The Hall–Kier alpha value is -2.11. The SMILES string of the molecule is CC[C@@H](NC(=O)N1CCN(C2CCCC2)C(=O)C1)c1cccc(C)n1. The van der Waals surface area contributed by atoms with E-state index in [1.807, 2.05) is 36.9 Å². The molecule has 0 aromatic carbocycles. The maximum atomic E-state index is 12.6. The van der Waals surface area contributed by atoms with E-state index in [9.17, 15) is 9.59 Å². The molecule has 1 saturated carbocycles. The molecule has 1 N–H and O–H groups in total. The number of piperazine rings is 1. The summed E-state index contributed by atoms with van der Waals surface area (Å²) in [7, 11) is 0. The predicted octanol–water partition coefficient (Wildman–Crippen LogP) is 2.64. The van der Waals surface area contributed by atoms with Gasteiger partial charge in [-0.3, -0.25) is 9.78 Å². The number of aryl methyl sites for hydroxylation is 1. The Morgan fingerprint density at radius 1 is 1.32 bits per heavy atom. The van der Waals surface area contributed by atoms with Crippen LogP contribution in [0.25, 0.3) is 0 Å². The summed E-state index contributed by atoms with van der Waals surface area (Å²) < 4.78 is 0. The van der Waals surface area contributed by atoms with Gasteiger partial charge in [0.25, 0.3) is 0 Å². The van der Waals surface area contributed by atoms with Crippen LogP contribution in [-0.2, 0) is 4.79 Å². The summed E-state index contributed by atoms with van der Waals surface area (Å²) in [5.41, 5.74) is 1.80. The lowest BCUT2D eigenvalue weighted by Gasteiger charge is -2.38. The van der Waals surface area contributed by atoms with Gasteiger partial charge in [-0.15, -0.1) is 0 Å². The van der Waals surface area contributed by atoms with Crippen LogP contribution in [0.5, 0.6) is 0 Å². The molecule has 3 amide bonds. The fraction of sp³-hybridized carbons (Fsp3) is 0.632. The minimum Gasteiger partial charge on any atom is -0.336 e. The maximum absolute atomic E-state index is 12.6. The first-order valence-electron chi connectivity index (χ1n) is 9.37. The highest BCUT2D eigenvalue weighted by Crippen LogP contribution is 2.25. The molecule has 1 saturated heterocycles. The van der Waals surface area contributed by atoms with Gasteiger partial charge in [0.05, 0.1) is 11.7 Å². The van der Waals surface area contributed by atoms with Crippen molar-refractivity contribution in [2.24, 2.45) is 0 Å². The van der Waals surface area contributed by atoms with E-state index in [-0.39, 0.29) is 24.5 Å². The van der Waals surface area contributed by atoms with Crippen molar-refractivity contribution in [1.82, 2.24) is 20.1 Å². The molecule has 1 aliphatic carbocycles. The number of nitrogens with zero attached hydrogens (tertiary/aromatic N) is 3. The lowest BCUT2D eigenvalue weighted by molar-refractivity contribution is -0.137. The molecule has 136 valence electrons. The summed E-state index contributed by atoms with van der Waals surface area (Å²) in [4.78, 5) is 33.2. The number of nitrogens with one attached hydrogen (secondary N) is 1. The fourth-order valence-corrected chi connectivity index (χ4v) is 3.85. The summed E-state index contributed by atoms with van der Waals surface area (Å²) in [5, 5.41) is 3.04. The van der Waals surface area contributed by atoms with Gasteiger partial charge in [-0.25, -0.2) is 4.79 Å². The first-order valence-corrected chi connectivity index (χ1v) is 9.37. The zero-order valence-corrected chi connectivity index (χ0v) is 15.2. The molecule has 6 heteroatoms. The van der Waals surface area contributed by atoms with Crippen molar-refractivity contribution >= 4 is 11.9 Å². The number of carbonyl (C=O) groups excluding carboxylic acids is 2. The van der Waals surface area contributed by atoms with Crippen molar-refractivity contribution in [1.29, 1.82) is 0 Å². The van der Waals surface area contributed by atoms with Crippen LogP contribution in [-0.4, -0.2) is 52.4 Å². The predicted molar refractivity (Wildman–Crippen MR) is 96.1 cm³/mol. The van der Waals surface area contributed by atoms with Gasteiger partial charge in [-0.2, -0.15) is 0 Å². The lowest BCUT2D eigenvalue weighted by Crippen LogP contribution is -2.57. The normalized spacial score (nSPS) is 20.0. The second-order valence-electron chi connectivity index (χ2n) is 7.06. The van der Waals surface area contributed by atoms with E-state index in [4.69, 9.17) is 0 Å². The first kappa shape index (κ1) is 17.7. The summed E-state index contributed by atoms with van der Waals surface area (Å²) >= 11 is 0. The molecule has 1 aromatic heterocycles. The Balaban J connectivity index is 1.58. The summed E-state index contributed by atoms with van der Waals surface area (Å²) in [6.45, 7) is 5.40. The van der Waals surface area contributed by atoms with E-state index in [2.05, 4.69) is 10.3 Å². The Kier molecular flexibility index (Phi) is 5.56. The number of rotatable bonds is 4. The largest absolute Gasteiger partial charge is 0.336 e. The maximum Gasteiger partial charge on any atom is 0.318 e. The zero-order valence-electron chi connectivity index (χ0n) is 15.2. The lowest BCUT2D eigenvalue weighted by atomic mass is 10.1. The Labute approximate surface area is 149 Å². The zero-order chi connectivity index (χ0) is 17.8. The number of aromatic nitrogens is 1. The molecule has 1 aromatic rings. The van der Waals surface area contributed by atoms with Gasteiger partial charge < -0.3 is 15.1 Å². The second-order valence-corrected chi connectivity index (χ2v) is 7.06. The van der Waals surface area contributed by atoms with E-state index < -0.39 is 0 Å². The van der Waals surface area contributed by atoms with Gasteiger partial charge in [0.2, 0.25) is 5.91 Å². The van der Waals surface area contributed by atoms with E-state index in [1.165, 1.54) is 12.8 Å². The van der Waals surface area contributed by atoms with Crippen LogP contribution in [0, 0.1) is 6.92 Å². The van der Waals surface area contributed by atoms with Gasteiger partial charge in [-0.1, -0.05) is 25.8 Å². The average molecular weight is 344 g/mol. The Morgan fingerprint density at radius 2 is 2.08 bits per heavy atom. The molecular weight excluding hydrogens is 316 g/mol. The van der Waals surface area contributed by atoms with Crippen LogP contribution < -0.4 is 5.32 Å². The summed E-state index contributed by atoms with van der Waals surface area (Å²) in [6, 6.07) is 5.92. The van der Waals surface area contributed by atoms with Crippen molar-refractivity contribution in [3.63, 3.8) is 0 Å². The summed E-state index contributed by atoms with van der Waals surface area (Å²) in [6.07, 6.45) is 5.39. The monoisotopic (exact) mass is 344 g/mol. The molecule has 2 aliphatic rings. The summed E-state index contributed by atoms with van der Waals surface area (Å²) in [5.74, 6) is 0.0787. The molecule has 0 radical (unpaired) electrons. The number of pyridine rings is 1. The fourth-order valence-electron chi connectivity index (χ4n) is 3.85. The Bertz CT molecular complexity index is 628. The van der Waals surface area contributed by atoms with Gasteiger partial charge in [-0.05, 0) is 38.3 Å². The van der Waals surface area contributed by atoms with E-state index in [0.717, 1.165) is 30.7 Å². The van der Waals surface area contributed by atoms with Crippen LogP contribution in [0.2, 0.25) is 0 Å². The van der Waals surface area contributed by atoms with Gasteiger partial charge in [0.1, 0.15) is 6.54 Å². The van der Waals surface area contributed by atoms with Crippen LogP contribution in [0.4, 0.5) is 4.79 Å². The van der Waals surface area contributed by atoms with Gasteiger partial charge >= 0.3 is 6.03 Å². The topological polar surface area (TPSA) is 65.5 Å². The van der Waals surface area contributed by atoms with Gasteiger partial charge in [0.15, 0.2) is 0 Å². The molecule has 1 aliphatic heterocycles. The van der Waals surface area contributed by atoms with Crippen molar-refractivity contribution < 1.29 is 9.59 Å². The number of carbonyl (C=O) groups is 2. The van der Waals surface area contributed by atoms with Crippen molar-refractivity contribution in [3.05, 3.63) is 29.6 Å². The molecule has 0 bridgehead atoms. The highest BCUT2D eigenvalue weighted by atomic mass is 16.2. The molecule has 0 spiro atoms. The molecule has 2 fully saturated rings. The van der Waals surface area contributed by atoms with Crippen LogP contribution in [0.3, 0.4) is 0 Å². The standard InChI is InChI=1S/C19H28N4O2/c1-3-16(17-10-6-7-14(2)20-17)21-19(25)22-11-12-23(18(24)13-22)15-8-4-5-9-15/h6-7,10,15-16H,3-5,8-9,11-13H2,1-2H3,(H,21,25)/t16-/m1/s1. The number of amides is 3. The number of hydrogen-bond donors (Lipinski definition) is 1. The minimum atomic E-state index is -0.172. The molecule has 0 unspecified atom stereocenters. The van der Waals surface area contributed by atoms with Crippen LogP contribution >= 0.6 is 0 Å². The van der Waals surface area contributed by atoms with E-state index in [1.54, 1.807) is 4.90 Å². The number of urea groups is 1. The molecule has 3 rings (SSSR count). The molecule has 1 atom stereocenters. The third-order valence-electron chi connectivity index (χ3n) is 5.28. The van der Waals surface area contributed by atoms with Crippen LogP contribution in [0.1, 0.15) is 56.5 Å².